The molecule has 0 bridgehead atoms. The van der Waals surface area contributed by atoms with Crippen molar-refractivity contribution in [2.24, 2.45) is 0 Å². The van der Waals surface area contributed by atoms with Crippen molar-refractivity contribution in [1.82, 2.24) is 4.72 Å². The third-order valence-electron chi connectivity index (χ3n) is 3.90. The van der Waals surface area contributed by atoms with E-state index in [4.69, 9.17) is 27.9 Å². The van der Waals surface area contributed by atoms with E-state index in [0.717, 1.165) is 0 Å². The van der Waals surface area contributed by atoms with Gasteiger partial charge in [-0.05, 0) is 24.3 Å². The standard InChI is InChI=1S/C16H15Cl2NO4S/c17-11-5-6-13(18)15(9-11)24(21,22)19-10-16(20)7-8-23-14-4-2-1-3-12(14)16/h1-6,9,19-20H,7-8,10H2. The summed E-state index contributed by atoms with van der Waals surface area (Å²) in [5.41, 5.74) is -0.802. The normalized spacial score (nSPS) is 20.3. The van der Waals surface area contributed by atoms with E-state index in [1.165, 1.54) is 18.2 Å². The van der Waals surface area contributed by atoms with Gasteiger partial charge in [0.1, 0.15) is 16.2 Å². The van der Waals surface area contributed by atoms with E-state index < -0.39 is 15.6 Å². The Labute approximate surface area is 150 Å². The van der Waals surface area contributed by atoms with Crippen LogP contribution in [0.15, 0.2) is 47.4 Å². The van der Waals surface area contributed by atoms with Crippen LogP contribution >= 0.6 is 23.2 Å². The smallest absolute Gasteiger partial charge is 0.242 e. The molecule has 8 heteroatoms. The van der Waals surface area contributed by atoms with Gasteiger partial charge >= 0.3 is 0 Å². The summed E-state index contributed by atoms with van der Waals surface area (Å²) >= 11 is 11.8. The highest BCUT2D eigenvalue weighted by Gasteiger charge is 2.36. The van der Waals surface area contributed by atoms with Crippen LogP contribution in [-0.4, -0.2) is 26.7 Å². The number of halogens is 2. The van der Waals surface area contributed by atoms with E-state index >= 15 is 0 Å². The van der Waals surface area contributed by atoms with Crippen molar-refractivity contribution in [2.75, 3.05) is 13.2 Å². The van der Waals surface area contributed by atoms with Crippen LogP contribution in [0.5, 0.6) is 5.75 Å². The molecule has 2 aromatic carbocycles. The van der Waals surface area contributed by atoms with Crippen LogP contribution in [-0.2, 0) is 15.6 Å². The second kappa shape index (κ2) is 6.54. The average Bonchev–Trinajstić information content (AvgIpc) is 2.56. The molecule has 128 valence electrons. The van der Waals surface area contributed by atoms with E-state index in [1.54, 1.807) is 24.3 Å². The topological polar surface area (TPSA) is 75.6 Å². The minimum Gasteiger partial charge on any atom is -0.493 e. The fourth-order valence-corrected chi connectivity index (χ4v) is 4.45. The molecule has 3 rings (SSSR count). The molecule has 1 atom stereocenters. The molecule has 0 saturated heterocycles. The Morgan fingerprint density at radius 3 is 2.75 bits per heavy atom. The lowest BCUT2D eigenvalue weighted by molar-refractivity contribution is 0.00219. The summed E-state index contributed by atoms with van der Waals surface area (Å²) in [6.07, 6.45) is 0.274. The minimum absolute atomic E-state index is 0.0614. The monoisotopic (exact) mass is 387 g/mol. The van der Waals surface area contributed by atoms with Crippen molar-refractivity contribution in [2.45, 2.75) is 16.9 Å². The van der Waals surface area contributed by atoms with Gasteiger partial charge in [-0.3, -0.25) is 0 Å². The molecular formula is C16H15Cl2NO4S. The molecule has 1 heterocycles. The number of hydrogen-bond donors (Lipinski definition) is 2. The summed E-state index contributed by atoms with van der Waals surface area (Å²) in [7, 11) is -3.92. The zero-order chi connectivity index (χ0) is 17.4. The lowest BCUT2D eigenvalue weighted by atomic mass is 9.88. The number of rotatable bonds is 4. The molecule has 2 aromatic rings. The molecule has 0 amide bonds. The Hall–Kier alpha value is -1.31. The van der Waals surface area contributed by atoms with Gasteiger partial charge in [0.2, 0.25) is 10.0 Å². The number of nitrogens with one attached hydrogen (secondary N) is 1. The lowest BCUT2D eigenvalue weighted by Gasteiger charge is -2.34. The van der Waals surface area contributed by atoms with Crippen LogP contribution in [0.25, 0.3) is 0 Å². The maximum Gasteiger partial charge on any atom is 0.242 e. The number of fused-ring (bicyclic) bond motifs is 1. The molecule has 2 N–H and O–H groups in total. The van der Waals surface area contributed by atoms with Gasteiger partial charge in [-0.1, -0.05) is 41.4 Å². The van der Waals surface area contributed by atoms with E-state index in [9.17, 15) is 13.5 Å². The Morgan fingerprint density at radius 1 is 1.21 bits per heavy atom. The molecule has 0 saturated carbocycles. The van der Waals surface area contributed by atoms with Crippen molar-refractivity contribution in [3.63, 3.8) is 0 Å². The van der Waals surface area contributed by atoms with Crippen LogP contribution in [0.3, 0.4) is 0 Å². The SMILES string of the molecule is O=S(=O)(NCC1(O)CCOc2ccccc21)c1cc(Cl)ccc1Cl. The third-order valence-corrected chi connectivity index (χ3v) is 6.02. The third kappa shape index (κ3) is 3.38. The molecule has 0 aromatic heterocycles. The van der Waals surface area contributed by atoms with Crippen molar-refractivity contribution in [3.05, 3.63) is 58.1 Å². The number of para-hydroxylation sites is 1. The first-order valence-corrected chi connectivity index (χ1v) is 9.45. The summed E-state index contributed by atoms with van der Waals surface area (Å²) in [4.78, 5) is -0.124. The maximum atomic E-state index is 12.5. The number of hydrogen-bond acceptors (Lipinski definition) is 4. The van der Waals surface area contributed by atoms with Gasteiger partial charge in [-0.15, -0.1) is 0 Å². The highest BCUT2D eigenvalue weighted by molar-refractivity contribution is 7.89. The van der Waals surface area contributed by atoms with E-state index in [2.05, 4.69) is 4.72 Å². The summed E-state index contributed by atoms with van der Waals surface area (Å²) in [5.74, 6) is 0.547. The van der Waals surface area contributed by atoms with E-state index in [-0.39, 0.29) is 27.9 Å². The van der Waals surface area contributed by atoms with Gasteiger partial charge in [0.25, 0.3) is 0 Å². The molecule has 0 radical (unpaired) electrons. The second-order valence-electron chi connectivity index (χ2n) is 5.53. The quantitative estimate of drug-likeness (QED) is 0.845. The second-order valence-corrected chi connectivity index (χ2v) is 8.10. The first kappa shape index (κ1) is 17.5. The van der Waals surface area contributed by atoms with Crippen molar-refractivity contribution >= 4 is 33.2 Å². The van der Waals surface area contributed by atoms with Gasteiger partial charge in [0.05, 0.1) is 11.6 Å². The molecular weight excluding hydrogens is 373 g/mol. The molecule has 0 aliphatic carbocycles. The number of benzene rings is 2. The Kier molecular flexibility index (Phi) is 4.77. The summed E-state index contributed by atoms with van der Waals surface area (Å²) in [6.45, 7) is 0.103. The predicted octanol–water partition coefficient (Wildman–Crippen LogP) is 2.94. The molecule has 1 aliphatic heterocycles. The summed E-state index contributed by atoms with van der Waals surface area (Å²) in [5, 5.41) is 11.2. The first-order valence-electron chi connectivity index (χ1n) is 7.21. The van der Waals surface area contributed by atoms with E-state index in [1.807, 2.05) is 0 Å². The Morgan fingerprint density at radius 2 is 1.96 bits per heavy atom. The fraction of sp³-hybridized carbons (Fsp3) is 0.250. The van der Waals surface area contributed by atoms with Gasteiger partial charge in [-0.25, -0.2) is 13.1 Å². The molecule has 5 nitrogen and oxygen atoms in total. The number of ether oxygens (including phenoxy) is 1. The predicted molar refractivity (Wildman–Crippen MR) is 92.1 cm³/mol. The largest absolute Gasteiger partial charge is 0.493 e. The van der Waals surface area contributed by atoms with Gasteiger partial charge in [-0.2, -0.15) is 0 Å². The van der Waals surface area contributed by atoms with Crippen molar-refractivity contribution in [1.29, 1.82) is 0 Å². The zero-order valence-corrected chi connectivity index (χ0v) is 14.8. The minimum atomic E-state index is -3.92. The Balaban J connectivity index is 1.86. The Bertz CT molecular complexity index is 872. The van der Waals surface area contributed by atoms with Gasteiger partial charge in [0.15, 0.2) is 0 Å². The van der Waals surface area contributed by atoms with Crippen molar-refractivity contribution in [3.8, 4) is 5.75 Å². The molecule has 0 fully saturated rings. The summed E-state index contributed by atoms with van der Waals surface area (Å²) in [6, 6.07) is 11.2. The van der Waals surface area contributed by atoms with Gasteiger partial charge in [0, 0.05) is 23.6 Å². The van der Waals surface area contributed by atoms with Crippen LogP contribution in [0.2, 0.25) is 10.0 Å². The maximum absolute atomic E-state index is 12.5. The lowest BCUT2D eigenvalue weighted by Crippen LogP contribution is -2.43. The van der Waals surface area contributed by atoms with Crippen LogP contribution < -0.4 is 9.46 Å². The fourth-order valence-electron chi connectivity index (χ4n) is 2.60. The molecule has 1 aliphatic rings. The number of aliphatic hydroxyl groups is 1. The molecule has 24 heavy (non-hydrogen) atoms. The highest BCUT2D eigenvalue weighted by atomic mass is 35.5. The molecule has 1 unspecified atom stereocenters. The van der Waals surface area contributed by atoms with Crippen LogP contribution in [0.4, 0.5) is 0 Å². The van der Waals surface area contributed by atoms with Crippen LogP contribution in [0, 0.1) is 0 Å². The average molecular weight is 388 g/mol. The number of sulfonamides is 1. The zero-order valence-electron chi connectivity index (χ0n) is 12.5. The molecule has 0 spiro atoms. The van der Waals surface area contributed by atoms with Gasteiger partial charge < -0.3 is 9.84 Å². The van der Waals surface area contributed by atoms with Crippen molar-refractivity contribution < 1.29 is 18.3 Å². The first-order chi connectivity index (χ1) is 11.3. The van der Waals surface area contributed by atoms with Crippen LogP contribution in [0.1, 0.15) is 12.0 Å². The highest BCUT2D eigenvalue weighted by Crippen LogP contribution is 2.36. The summed E-state index contributed by atoms with van der Waals surface area (Å²) < 4.78 is 32.9. The van der Waals surface area contributed by atoms with E-state index in [0.29, 0.717) is 17.9 Å².